The van der Waals surface area contributed by atoms with Crippen LogP contribution in [0.2, 0.25) is 0 Å². The fourth-order valence-corrected chi connectivity index (χ4v) is 1.78. The molecule has 0 aromatic heterocycles. The smallest absolute Gasteiger partial charge is 0.169 e. The van der Waals surface area contributed by atoms with Gasteiger partial charge in [0.2, 0.25) is 0 Å². The van der Waals surface area contributed by atoms with Crippen LogP contribution < -0.4 is 19.9 Å². The van der Waals surface area contributed by atoms with Gasteiger partial charge in [0.1, 0.15) is 0 Å². The first-order valence-corrected chi connectivity index (χ1v) is 6.68. The van der Waals surface area contributed by atoms with E-state index in [0.717, 1.165) is 6.42 Å². The van der Waals surface area contributed by atoms with Crippen molar-refractivity contribution in [2.24, 2.45) is 0 Å². The van der Waals surface area contributed by atoms with Gasteiger partial charge in [0.25, 0.3) is 0 Å². The average Bonchev–Trinajstić information content (AvgIpc) is 2.49. The van der Waals surface area contributed by atoms with Crippen LogP contribution in [0.3, 0.4) is 0 Å². The van der Waals surface area contributed by atoms with Gasteiger partial charge in [0.15, 0.2) is 28.8 Å². The number of benzene rings is 2. The maximum Gasteiger partial charge on any atom is 0.169 e. The molecule has 2 rings (SSSR count). The summed E-state index contributed by atoms with van der Waals surface area (Å²) in [5.41, 5.74) is 5.97. The minimum atomic E-state index is -0.530. The van der Waals surface area contributed by atoms with Crippen LogP contribution in [0, 0.1) is 5.82 Å². The third-order valence-corrected chi connectivity index (χ3v) is 2.81. The van der Waals surface area contributed by atoms with E-state index in [4.69, 9.17) is 19.9 Å². The van der Waals surface area contributed by atoms with E-state index in [1.165, 1.54) is 19.2 Å². The number of halogens is 1. The first-order chi connectivity index (χ1) is 10.2. The molecule has 2 N–H and O–H groups in total. The molecule has 112 valence electrons. The number of rotatable bonds is 6. The van der Waals surface area contributed by atoms with Crippen LogP contribution in [0.4, 0.5) is 10.1 Å². The highest BCUT2D eigenvalue weighted by Crippen LogP contribution is 2.37. The lowest BCUT2D eigenvalue weighted by Gasteiger charge is -2.14. The SMILES string of the molecule is CCCOc1ccccc1Oc1cc(OC)c(F)cc1N. The van der Waals surface area contributed by atoms with Crippen molar-refractivity contribution in [3.05, 3.63) is 42.2 Å². The molecule has 0 aliphatic rings. The molecule has 0 saturated heterocycles. The van der Waals surface area contributed by atoms with E-state index < -0.39 is 5.82 Å². The highest BCUT2D eigenvalue weighted by molar-refractivity contribution is 5.58. The molecule has 21 heavy (non-hydrogen) atoms. The Kier molecular flexibility index (Phi) is 4.87. The van der Waals surface area contributed by atoms with E-state index >= 15 is 0 Å². The molecular formula is C16H18FNO3. The average molecular weight is 291 g/mol. The van der Waals surface area contributed by atoms with Crippen LogP contribution in [0.5, 0.6) is 23.0 Å². The summed E-state index contributed by atoms with van der Waals surface area (Å²) in [6.45, 7) is 2.61. The van der Waals surface area contributed by atoms with Gasteiger partial charge in [-0.1, -0.05) is 19.1 Å². The topological polar surface area (TPSA) is 53.7 Å². The molecule has 0 aliphatic carbocycles. The fraction of sp³-hybridized carbons (Fsp3) is 0.250. The first kappa shape index (κ1) is 15.0. The normalized spacial score (nSPS) is 10.2. The zero-order valence-corrected chi connectivity index (χ0v) is 12.1. The van der Waals surface area contributed by atoms with E-state index in [1.807, 2.05) is 25.1 Å². The van der Waals surface area contributed by atoms with Crippen molar-refractivity contribution in [2.45, 2.75) is 13.3 Å². The van der Waals surface area contributed by atoms with Crippen molar-refractivity contribution in [2.75, 3.05) is 19.5 Å². The van der Waals surface area contributed by atoms with Gasteiger partial charge in [-0.25, -0.2) is 4.39 Å². The molecule has 0 radical (unpaired) electrons. The summed E-state index contributed by atoms with van der Waals surface area (Å²) < 4.78 is 29.8. The molecule has 0 saturated carbocycles. The van der Waals surface area contributed by atoms with E-state index in [2.05, 4.69) is 0 Å². The van der Waals surface area contributed by atoms with Crippen LogP contribution in [-0.4, -0.2) is 13.7 Å². The Balaban J connectivity index is 2.30. The largest absolute Gasteiger partial charge is 0.494 e. The van der Waals surface area contributed by atoms with E-state index in [1.54, 1.807) is 6.07 Å². The van der Waals surface area contributed by atoms with Crippen molar-refractivity contribution < 1.29 is 18.6 Å². The van der Waals surface area contributed by atoms with Gasteiger partial charge < -0.3 is 19.9 Å². The number of methoxy groups -OCH3 is 1. The number of para-hydroxylation sites is 2. The number of hydrogen-bond acceptors (Lipinski definition) is 4. The summed E-state index contributed by atoms with van der Waals surface area (Å²) in [6, 6.07) is 9.84. The highest BCUT2D eigenvalue weighted by atomic mass is 19.1. The van der Waals surface area contributed by atoms with Crippen molar-refractivity contribution in [3.63, 3.8) is 0 Å². The van der Waals surface area contributed by atoms with Crippen molar-refractivity contribution >= 4 is 5.69 Å². The summed E-state index contributed by atoms with van der Waals surface area (Å²) in [4.78, 5) is 0. The molecule has 0 amide bonds. The molecule has 0 heterocycles. The number of hydrogen-bond donors (Lipinski definition) is 1. The molecule has 5 heteroatoms. The number of ether oxygens (including phenoxy) is 3. The van der Waals surface area contributed by atoms with Crippen molar-refractivity contribution in [3.8, 4) is 23.0 Å². The fourth-order valence-electron chi connectivity index (χ4n) is 1.78. The zero-order valence-electron chi connectivity index (χ0n) is 12.1. The lowest BCUT2D eigenvalue weighted by Crippen LogP contribution is -1.99. The summed E-state index contributed by atoms with van der Waals surface area (Å²) in [5.74, 6) is 0.998. The monoisotopic (exact) mass is 291 g/mol. The Labute approximate surface area is 123 Å². The quantitative estimate of drug-likeness (QED) is 0.817. The summed E-state index contributed by atoms with van der Waals surface area (Å²) >= 11 is 0. The molecule has 0 fully saturated rings. The second-order valence-corrected chi connectivity index (χ2v) is 4.42. The molecule has 2 aromatic rings. The maximum absolute atomic E-state index is 13.5. The Morgan fingerprint density at radius 2 is 1.76 bits per heavy atom. The molecule has 0 atom stereocenters. The van der Waals surface area contributed by atoms with Gasteiger partial charge in [-0.15, -0.1) is 0 Å². The number of nitrogens with two attached hydrogens (primary N) is 1. The summed E-state index contributed by atoms with van der Waals surface area (Å²) in [5, 5.41) is 0. The van der Waals surface area contributed by atoms with Gasteiger partial charge >= 0.3 is 0 Å². The Morgan fingerprint density at radius 1 is 1.05 bits per heavy atom. The van der Waals surface area contributed by atoms with Crippen molar-refractivity contribution in [1.29, 1.82) is 0 Å². The van der Waals surface area contributed by atoms with Gasteiger partial charge in [-0.05, 0) is 18.6 Å². The second-order valence-electron chi connectivity index (χ2n) is 4.42. The van der Waals surface area contributed by atoms with Crippen LogP contribution in [0.1, 0.15) is 13.3 Å². The highest BCUT2D eigenvalue weighted by Gasteiger charge is 2.12. The number of nitrogen functional groups attached to an aromatic ring is 1. The molecule has 0 spiro atoms. The number of anilines is 1. The van der Waals surface area contributed by atoms with Gasteiger partial charge in [0, 0.05) is 12.1 Å². The van der Waals surface area contributed by atoms with Crippen LogP contribution in [-0.2, 0) is 0 Å². The zero-order chi connectivity index (χ0) is 15.2. The lowest BCUT2D eigenvalue weighted by atomic mass is 10.2. The second kappa shape index (κ2) is 6.83. The minimum Gasteiger partial charge on any atom is -0.494 e. The molecule has 2 aromatic carbocycles. The predicted molar refractivity (Wildman–Crippen MR) is 79.7 cm³/mol. The Morgan fingerprint density at radius 3 is 2.43 bits per heavy atom. The molecule has 0 aliphatic heterocycles. The Bertz CT molecular complexity index is 616. The van der Waals surface area contributed by atoms with E-state index in [9.17, 15) is 4.39 Å². The molecule has 0 unspecified atom stereocenters. The van der Waals surface area contributed by atoms with Crippen LogP contribution in [0.25, 0.3) is 0 Å². The van der Waals surface area contributed by atoms with Gasteiger partial charge in [0.05, 0.1) is 19.4 Å². The maximum atomic E-state index is 13.5. The van der Waals surface area contributed by atoms with E-state index in [0.29, 0.717) is 23.9 Å². The minimum absolute atomic E-state index is 0.0751. The molecular weight excluding hydrogens is 273 g/mol. The first-order valence-electron chi connectivity index (χ1n) is 6.68. The lowest BCUT2D eigenvalue weighted by molar-refractivity contribution is 0.302. The Hall–Kier alpha value is -2.43. The third-order valence-electron chi connectivity index (χ3n) is 2.81. The van der Waals surface area contributed by atoms with Gasteiger partial charge in [-0.3, -0.25) is 0 Å². The van der Waals surface area contributed by atoms with Gasteiger partial charge in [-0.2, -0.15) is 0 Å². The molecule has 0 bridgehead atoms. The standard InChI is InChI=1S/C16H18FNO3/c1-3-8-20-13-6-4-5-7-14(13)21-16-10-15(19-2)11(17)9-12(16)18/h4-7,9-10H,3,8,18H2,1-2H3. The van der Waals surface area contributed by atoms with Crippen LogP contribution >= 0.6 is 0 Å². The third kappa shape index (κ3) is 3.56. The predicted octanol–water partition coefficient (Wildman–Crippen LogP) is 4.00. The summed E-state index contributed by atoms with van der Waals surface area (Å²) in [7, 11) is 1.39. The van der Waals surface area contributed by atoms with Crippen LogP contribution in [0.15, 0.2) is 36.4 Å². The van der Waals surface area contributed by atoms with E-state index in [-0.39, 0.29) is 11.4 Å². The molecule has 4 nitrogen and oxygen atoms in total. The summed E-state index contributed by atoms with van der Waals surface area (Å²) in [6.07, 6.45) is 0.890. The van der Waals surface area contributed by atoms with Crippen molar-refractivity contribution in [1.82, 2.24) is 0 Å².